The second kappa shape index (κ2) is 22.7. The predicted octanol–water partition coefficient (Wildman–Crippen LogP) is 8.40. The van der Waals surface area contributed by atoms with Crippen molar-refractivity contribution in [1.82, 2.24) is 14.8 Å². The van der Waals surface area contributed by atoms with Gasteiger partial charge in [-0.25, -0.2) is 14.7 Å². The monoisotopic (exact) mass is 1050 g/mol. The molecule has 75 heavy (non-hydrogen) atoms. The number of nitrogens with zero attached hydrogens (tertiary/aromatic N) is 6. The van der Waals surface area contributed by atoms with E-state index in [0.717, 1.165) is 39.4 Å². The van der Waals surface area contributed by atoms with E-state index < -0.39 is 53.0 Å². The Labute approximate surface area is 436 Å². The molecule has 3 atom stereocenters. The number of alkyl halides is 3. The second-order valence-electron chi connectivity index (χ2n) is 19.3. The number of ketones is 1. The number of rotatable bonds is 21. The van der Waals surface area contributed by atoms with Crippen LogP contribution in [0.2, 0.25) is 0 Å². The highest BCUT2D eigenvalue weighted by atomic mass is 32.1. The number of aromatic nitrogens is 1. The number of anilines is 2. The molecule has 0 spiro atoms. The number of aliphatic hydroxyl groups excluding tert-OH is 1. The van der Waals surface area contributed by atoms with Gasteiger partial charge in [0.25, 0.3) is 11.8 Å². The van der Waals surface area contributed by atoms with Crippen molar-refractivity contribution in [2.24, 2.45) is 5.92 Å². The summed E-state index contributed by atoms with van der Waals surface area (Å²) in [7, 11) is 0. The minimum absolute atomic E-state index is 0.00324. The van der Waals surface area contributed by atoms with E-state index in [1.165, 1.54) is 41.1 Å². The minimum Gasteiger partial charge on any atom is -0.491 e. The molecule has 0 unspecified atom stereocenters. The summed E-state index contributed by atoms with van der Waals surface area (Å²) in [5, 5.41) is 20.0. The fraction of sp³-hybridized carbons (Fsp3) is 0.400. The number of amides is 5. The number of aliphatic hydroxyl groups is 1. The molecule has 0 aliphatic carbocycles. The van der Waals surface area contributed by atoms with Crippen LogP contribution in [0.15, 0.2) is 90.4 Å². The number of halogens is 3. The number of benzene rings is 4. The van der Waals surface area contributed by atoms with Crippen molar-refractivity contribution in [2.75, 3.05) is 56.0 Å². The lowest BCUT2D eigenvalue weighted by atomic mass is 9.97. The Morgan fingerprint density at radius 1 is 0.907 bits per heavy atom. The first kappa shape index (κ1) is 54.1. The van der Waals surface area contributed by atoms with Crippen LogP contribution >= 0.6 is 11.3 Å². The Morgan fingerprint density at radius 3 is 2.24 bits per heavy atom. The average molecular weight is 1050 g/mol. The van der Waals surface area contributed by atoms with Crippen molar-refractivity contribution in [3.8, 4) is 28.0 Å². The number of thiazole rings is 1. The number of carbonyl (C=O) groups excluding carboxylic acids is 5. The molecule has 8 rings (SSSR count). The molecule has 0 radical (unpaired) electrons. The Morgan fingerprint density at radius 2 is 1.59 bits per heavy atom. The van der Waals surface area contributed by atoms with Gasteiger partial charge in [-0.15, -0.1) is 11.3 Å². The maximum absolute atomic E-state index is 14.3. The Bertz CT molecular complexity index is 2990. The van der Waals surface area contributed by atoms with Crippen LogP contribution in [0.25, 0.3) is 10.4 Å². The van der Waals surface area contributed by atoms with E-state index in [2.05, 4.69) is 4.98 Å². The molecule has 0 bridgehead atoms. The number of carbonyl (C=O) groups is 5. The predicted molar refractivity (Wildman–Crippen MR) is 271 cm³/mol. The summed E-state index contributed by atoms with van der Waals surface area (Å²) in [6.07, 6.45) is -5.25. The van der Waals surface area contributed by atoms with Gasteiger partial charge in [-0.2, -0.15) is 18.4 Å². The van der Waals surface area contributed by atoms with Crippen LogP contribution in [-0.4, -0.2) is 119 Å². The fourth-order valence-electron chi connectivity index (χ4n) is 9.75. The number of urea groups is 1. The van der Waals surface area contributed by atoms with E-state index in [1.807, 2.05) is 51.1 Å². The lowest BCUT2D eigenvalue weighted by Gasteiger charge is -2.35. The first-order valence-corrected chi connectivity index (χ1v) is 25.4. The van der Waals surface area contributed by atoms with Crippen molar-refractivity contribution in [3.05, 3.63) is 124 Å². The third kappa shape index (κ3) is 11.6. The number of fused-ring (bicyclic) bond motifs is 1. The van der Waals surface area contributed by atoms with E-state index in [0.29, 0.717) is 46.7 Å². The molecule has 0 saturated carbocycles. The summed E-state index contributed by atoms with van der Waals surface area (Å²) in [5.74, 6) is -0.734. The Balaban J connectivity index is 0.797. The van der Waals surface area contributed by atoms with E-state index in [-0.39, 0.29) is 88.2 Å². The molecule has 5 aromatic rings. The number of nitriles is 1. The van der Waals surface area contributed by atoms with Crippen molar-refractivity contribution in [2.45, 2.75) is 90.3 Å². The van der Waals surface area contributed by atoms with Gasteiger partial charge in [0.1, 0.15) is 36.3 Å². The summed E-state index contributed by atoms with van der Waals surface area (Å²) in [6, 6.07) is 21.1. The van der Waals surface area contributed by atoms with Gasteiger partial charge in [0.05, 0.1) is 77.5 Å². The molecule has 2 saturated heterocycles. The largest absolute Gasteiger partial charge is 0.491 e. The molecule has 1 aromatic heterocycles. The van der Waals surface area contributed by atoms with Crippen LogP contribution in [0.5, 0.6) is 11.5 Å². The number of β-amino-alcohol motifs (C(OH)–C–C–N with tert-alkyl or cyclic N) is 1. The number of hydrogen-bond acceptors (Lipinski definition) is 13. The number of hydrogen-bond donors (Lipinski definition) is 1. The number of Topliss-reactive ketones (excluding diaryl/α,β-unsaturated/α-hetero) is 1. The van der Waals surface area contributed by atoms with Crippen LogP contribution < -0.4 is 19.3 Å². The van der Waals surface area contributed by atoms with Crippen LogP contribution in [0.1, 0.15) is 78.8 Å². The van der Waals surface area contributed by atoms with Crippen molar-refractivity contribution < 1.29 is 61.2 Å². The molecule has 394 valence electrons. The number of ether oxygens (including phenoxy) is 4. The van der Waals surface area contributed by atoms with Gasteiger partial charge >= 0.3 is 12.2 Å². The van der Waals surface area contributed by atoms with E-state index in [9.17, 15) is 47.5 Å². The normalized spacial score (nSPS) is 17.7. The molecule has 20 heteroatoms. The molecule has 16 nitrogen and oxygen atoms in total. The van der Waals surface area contributed by atoms with Gasteiger partial charge in [-0.1, -0.05) is 44.2 Å². The quantitative estimate of drug-likeness (QED) is 0.0546. The third-order valence-electron chi connectivity index (χ3n) is 13.5. The van der Waals surface area contributed by atoms with Crippen molar-refractivity contribution in [3.63, 3.8) is 0 Å². The maximum atomic E-state index is 14.3. The van der Waals surface area contributed by atoms with Gasteiger partial charge in [-0.3, -0.25) is 24.1 Å². The number of likely N-dealkylation sites (tertiary alicyclic amines) is 1. The summed E-state index contributed by atoms with van der Waals surface area (Å²) < 4.78 is 64.7. The van der Waals surface area contributed by atoms with Crippen LogP contribution in [0.3, 0.4) is 0 Å². The second-order valence-corrected chi connectivity index (χ2v) is 20.2. The number of aryl methyl sites for hydroxylation is 2. The van der Waals surface area contributed by atoms with Gasteiger partial charge in [0.2, 0.25) is 5.91 Å². The van der Waals surface area contributed by atoms with Gasteiger partial charge < -0.3 is 33.9 Å². The summed E-state index contributed by atoms with van der Waals surface area (Å²) >= 11 is 1.50. The molecular weight excluding hydrogens is 994 g/mol. The standard InChI is InChI=1S/C55H57F3N6O10S/c1-33(2)48(62-30-38-8-6-7-9-43(38)50(62)67)51(68)61-31-41(65)28-45(61)46(66)19-13-35-10-11-36(49-34(3)60-32-75-49)26-47(35)74-25-23-72-21-20-71-22-24-73-42-17-15-39(16-18-42)64-53(70)63(52(69)54(64,4)5)40-14-12-37(29-59)44(27-40)55(56,57)58/h6-12,14-18,26-27,32-33,41,45,48,65H,13,19-25,28,30-31H2,1-5H3/t41-,45+,48+/m1/s1. The molecule has 3 aliphatic rings. The average Bonchev–Trinajstić information content (AvgIpc) is 4.14. The van der Waals surface area contributed by atoms with E-state index in [1.54, 1.807) is 46.8 Å². The molecule has 5 amide bonds. The SMILES string of the molecule is Cc1ncsc1-c1ccc(CCC(=O)[C@@H]2C[C@@H](O)CN2C(=O)[C@H](C(C)C)N2Cc3ccccc3C2=O)c(OCCOCCOCCOc2ccc(N3C(=O)N(c4ccc(C#N)c(C(F)(F)F)c4)C(=O)C3(C)C)cc2)c1. The van der Waals surface area contributed by atoms with Crippen molar-refractivity contribution >= 4 is 52.2 Å². The highest BCUT2D eigenvalue weighted by Gasteiger charge is 2.53. The highest BCUT2D eigenvalue weighted by Crippen LogP contribution is 2.40. The summed E-state index contributed by atoms with van der Waals surface area (Å²) in [6.45, 7) is 10.3. The zero-order chi connectivity index (χ0) is 53.8. The molecular formula is C55H57F3N6O10S. The lowest BCUT2D eigenvalue weighted by Crippen LogP contribution is -2.54. The Kier molecular flexibility index (Phi) is 16.4. The lowest BCUT2D eigenvalue weighted by molar-refractivity contribution is -0.142. The maximum Gasteiger partial charge on any atom is 0.417 e. The van der Waals surface area contributed by atoms with Gasteiger partial charge in [-0.05, 0) is 104 Å². The minimum atomic E-state index is -4.88. The number of imide groups is 1. The first-order valence-electron chi connectivity index (χ1n) is 24.5. The fourth-order valence-corrected chi connectivity index (χ4v) is 10.6. The summed E-state index contributed by atoms with van der Waals surface area (Å²) in [4.78, 5) is 79.1. The molecule has 4 aromatic carbocycles. The van der Waals surface area contributed by atoms with Crippen LogP contribution in [0.4, 0.5) is 29.3 Å². The molecule has 1 N–H and O–H groups in total. The van der Waals surface area contributed by atoms with E-state index >= 15 is 0 Å². The molecule has 3 aliphatic heterocycles. The zero-order valence-electron chi connectivity index (χ0n) is 42.1. The summed E-state index contributed by atoms with van der Waals surface area (Å²) in [5.41, 5.74) is 2.41. The zero-order valence-corrected chi connectivity index (χ0v) is 42.9. The first-order chi connectivity index (χ1) is 35.8. The van der Waals surface area contributed by atoms with Gasteiger partial charge in [0, 0.05) is 37.2 Å². The van der Waals surface area contributed by atoms with Gasteiger partial charge in [0.15, 0.2) is 5.78 Å². The van der Waals surface area contributed by atoms with Crippen LogP contribution in [0, 0.1) is 24.2 Å². The van der Waals surface area contributed by atoms with Crippen molar-refractivity contribution in [1.29, 1.82) is 5.26 Å². The van der Waals surface area contributed by atoms with Crippen LogP contribution in [-0.2, 0) is 43.0 Å². The topological polar surface area (TPSA) is 192 Å². The molecule has 2 fully saturated rings. The third-order valence-corrected chi connectivity index (χ3v) is 14.5. The van der Waals surface area contributed by atoms with E-state index in [4.69, 9.17) is 18.9 Å². The smallest absolute Gasteiger partial charge is 0.417 e. The Hall–Kier alpha value is -7.18. The molecule has 4 heterocycles. The highest BCUT2D eigenvalue weighted by molar-refractivity contribution is 7.13.